The molecule has 0 N–H and O–H groups in total. The lowest BCUT2D eigenvalue weighted by molar-refractivity contribution is -0.134. The van der Waals surface area contributed by atoms with Crippen LogP contribution in [0.3, 0.4) is 0 Å². The Kier molecular flexibility index (Phi) is 5.80. The van der Waals surface area contributed by atoms with Gasteiger partial charge < -0.3 is 4.74 Å². The van der Waals surface area contributed by atoms with Crippen LogP contribution in [0, 0.1) is 11.7 Å². The maximum atomic E-state index is 12.9. The Morgan fingerprint density at radius 3 is 2.61 bits per heavy atom. The van der Waals surface area contributed by atoms with E-state index in [2.05, 4.69) is 4.74 Å². The average molecular weight is 312 g/mol. The van der Waals surface area contributed by atoms with Gasteiger partial charge in [-0.1, -0.05) is 36.4 Å². The number of hydrogen-bond acceptors (Lipinski definition) is 3. The molecule has 0 spiro atoms. The molecule has 2 rings (SSSR count). The molecule has 1 aromatic carbocycles. The van der Waals surface area contributed by atoms with E-state index in [-0.39, 0.29) is 11.7 Å². The summed E-state index contributed by atoms with van der Waals surface area (Å²) >= 11 is 0. The van der Waals surface area contributed by atoms with Gasteiger partial charge in [0.05, 0.1) is 7.11 Å². The summed E-state index contributed by atoms with van der Waals surface area (Å²) in [5, 5.41) is 0. The molecule has 0 heterocycles. The molecule has 1 aliphatic carbocycles. The van der Waals surface area contributed by atoms with Gasteiger partial charge in [-0.25, -0.2) is 9.18 Å². The number of halogens is 1. The third-order valence-electron chi connectivity index (χ3n) is 3.47. The normalized spacial score (nSPS) is 17.9. The second-order valence-corrected chi connectivity index (χ2v) is 5.07. The van der Waals surface area contributed by atoms with Gasteiger partial charge in [0.1, 0.15) is 12.1 Å². The lowest BCUT2D eigenvalue weighted by Gasteiger charge is -2.12. The number of carbonyl (C=O) groups excluding carboxylic acids is 2. The predicted octanol–water partition coefficient (Wildman–Crippen LogP) is 3.64. The van der Waals surface area contributed by atoms with E-state index in [4.69, 9.17) is 0 Å². The van der Waals surface area contributed by atoms with Gasteiger partial charge in [0, 0.05) is 11.6 Å². The lowest BCUT2D eigenvalue weighted by atomic mass is 9.93. The minimum absolute atomic E-state index is 0.0792. The number of aldehydes is 1. The number of ether oxygens (including phenoxy) is 1. The molecule has 1 aromatic rings. The van der Waals surface area contributed by atoms with Gasteiger partial charge in [-0.3, -0.25) is 4.79 Å². The first-order chi connectivity index (χ1) is 11.1. The van der Waals surface area contributed by atoms with Crippen LogP contribution in [0.15, 0.2) is 66.3 Å². The second-order valence-electron chi connectivity index (χ2n) is 5.07. The Morgan fingerprint density at radius 2 is 2.04 bits per heavy atom. The number of rotatable bonds is 5. The van der Waals surface area contributed by atoms with Crippen molar-refractivity contribution in [3.8, 4) is 0 Å². The third-order valence-corrected chi connectivity index (χ3v) is 3.47. The molecule has 0 aromatic heterocycles. The molecule has 3 nitrogen and oxygen atoms in total. The summed E-state index contributed by atoms with van der Waals surface area (Å²) in [6, 6.07) is 5.84. The Labute approximate surface area is 134 Å². The van der Waals surface area contributed by atoms with Crippen LogP contribution in [-0.2, 0) is 14.3 Å². The van der Waals surface area contributed by atoms with Crippen LogP contribution in [0.1, 0.15) is 12.0 Å². The average Bonchev–Trinajstić information content (AvgIpc) is 2.59. The van der Waals surface area contributed by atoms with Gasteiger partial charge in [-0.05, 0) is 41.7 Å². The fourth-order valence-electron chi connectivity index (χ4n) is 2.21. The molecule has 0 fully saturated rings. The minimum atomic E-state index is -0.402. The molecule has 0 aliphatic heterocycles. The van der Waals surface area contributed by atoms with Crippen LogP contribution in [0.2, 0.25) is 0 Å². The molecule has 4 heteroatoms. The number of benzene rings is 1. The number of esters is 1. The zero-order valence-electron chi connectivity index (χ0n) is 12.7. The number of methoxy groups -OCH3 is 1. The number of allylic oxidation sites excluding steroid dienone is 7. The Hall–Kier alpha value is -2.75. The molecule has 1 atom stereocenters. The third kappa shape index (κ3) is 4.88. The molecule has 0 saturated heterocycles. The summed E-state index contributed by atoms with van der Waals surface area (Å²) in [7, 11) is 1.33. The summed E-state index contributed by atoms with van der Waals surface area (Å²) < 4.78 is 17.5. The van der Waals surface area contributed by atoms with E-state index in [1.54, 1.807) is 18.2 Å². The maximum absolute atomic E-state index is 12.9. The van der Waals surface area contributed by atoms with Crippen molar-refractivity contribution in [2.24, 2.45) is 5.92 Å². The van der Waals surface area contributed by atoms with Crippen molar-refractivity contribution < 1.29 is 18.7 Å². The zero-order chi connectivity index (χ0) is 16.7. The van der Waals surface area contributed by atoms with E-state index in [9.17, 15) is 14.0 Å². The van der Waals surface area contributed by atoms with Crippen molar-refractivity contribution in [2.75, 3.05) is 7.11 Å². The molecule has 118 valence electrons. The molecular formula is C19H17FO3. The maximum Gasteiger partial charge on any atom is 0.330 e. The van der Waals surface area contributed by atoms with Crippen molar-refractivity contribution in [3.63, 3.8) is 0 Å². The van der Waals surface area contributed by atoms with E-state index in [0.717, 1.165) is 18.3 Å². The lowest BCUT2D eigenvalue weighted by Crippen LogP contribution is -1.99. The van der Waals surface area contributed by atoms with Crippen LogP contribution in [0.25, 0.3) is 5.57 Å². The highest BCUT2D eigenvalue weighted by Gasteiger charge is 2.08. The second kappa shape index (κ2) is 8.03. The first-order valence-electron chi connectivity index (χ1n) is 7.19. The first kappa shape index (κ1) is 16.6. The van der Waals surface area contributed by atoms with E-state index in [1.165, 1.54) is 25.3 Å². The Balaban J connectivity index is 2.07. The first-order valence-corrected chi connectivity index (χ1v) is 7.19. The summed E-state index contributed by atoms with van der Waals surface area (Å²) in [6.07, 6.45) is 12.2. The summed E-state index contributed by atoms with van der Waals surface area (Å²) in [6.45, 7) is 0. The number of carbonyl (C=O) groups is 2. The quantitative estimate of drug-likeness (QED) is 0.473. The highest BCUT2D eigenvalue weighted by Crippen LogP contribution is 2.23. The van der Waals surface area contributed by atoms with E-state index < -0.39 is 5.97 Å². The Morgan fingerprint density at radius 1 is 1.30 bits per heavy atom. The van der Waals surface area contributed by atoms with Crippen molar-refractivity contribution >= 4 is 17.8 Å². The Bertz CT molecular complexity index is 694. The van der Waals surface area contributed by atoms with Gasteiger partial charge in [0.25, 0.3) is 0 Å². The summed E-state index contributed by atoms with van der Waals surface area (Å²) in [5.41, 5.74) is 2.13. The molecule has 1 aliphatic rings. The molecule has 0 saturated carbocycles. The van der Waals surface area contributed by atoms with Crippen LogP contribution in [-0.4, -0.2) is 19.4 Å². The van der Waals surface area contributed by atoms with Crippen LogP contribution >= 0.6 is 0 Å². The molecule has 23 heavy (non-hydrogen) atoms. The van der Waals surface area contributed by atoms with Crippen molar-refractivity contribution in [1.29, 1.82) is 0 Å². The number of hydrogen-bond donors (Lipinski definition) is 0. The van der Waals surface area contributed by atoms with Crippen molar-refractivity contribution in [3.05, 3.63) is 77.7 Å². The van der Waals surface area contributed by atoms with Crippen LogP contribution in [0.4, 0.5) is 4.39 Å². The summed E-state index contributed by atoms with van der Waals surface area (Å²) in [4.78, 5) is 22.3. The zero-order valence-corrected chi connectivity index (χ0v) is 12.7. The molecule has 1 unspecified atom stereocenters. The van der Waals surface area contributed by atoms with E-state index in [1.807, 2.05) is 24.3 Å². The minimum Gasteiger partial charge on any atom is -0.466 e. The topological polar surface area (TPSA) is 43.4 Å². The summed E-state index contributed by atoms with van der Waals surface area (Å²) in [5.74, 6) is -0.655. The van der Waals surface area contributed by atoms with E-state index >= 15 is 0 Å². The van der Waals surface area contributed by atoms with Gasteiger partial charge in [0.2, 0.25) is 0 Å². The van der Waals surface area contributed by atoms with E-state index in [0.29, 0.717) is 11.1 Å². The smallest absolute Gasteiger partial charge is 0.330 e. The van der Waals surface area contributed by atoms with Crippen LogP contribution in [0.5, 0.6) is 0 Å². The molecule has 0 bridgehead atoms. The highest BCUT2D eigenvalue weighted by molar-refractivity contribution is 6.06. The highest BCUT2D eigenvalue weighted by atomic mass is 19.1. The monoisotopic (exact) mass is 312 g/mol. The molecule has 0 radical (unpaired) electrons. The SMILES string of the molecule is COC(=O)/C=C/C1=CCC(/C=C(/C=O)c2ccc(F)cc2)C=C1. The van der Waals surface area contributed by atoms with Crippen molar-refractivity contribution in [2.45, 2.75) is 6.42 Å². The molecular weight excluding hydrogens is 295 g/mol. The van der Waals surface area contributed by atoms with Gasteiger partial charge in [0.15, 0.2) is 0 Å². The van der Waals surface area contributed by atoms with Gasteiger partial charge >= 0.3 is 5.97 Å². The fourth-order valence-corrected chi connectivity index (χ4v) is 2.21. The predicted molar refractivity (Wildman–Crippen MR) is 86.9 cm³/mol. The largest absolute Gasteiger partial charge is 0.466 e. The fraction of sp³-hybridized carbons (Fsp3) is 0.158. The van der Waals surface area contributed by atoms with Gasteiger partial charge in [-0.2, -0.15) is 0 Å². The molecule has 0 amide bonds. The van der Waals surface area contributed by atoms with Crippen molar-refractivity contribution in [1.82, 2.24) is 0 Å². The van der Waals surface area contributed by atoms with Gasteiger partial charge in [-0.15, -0.1) is 0 Å². The van der Waals surface area contributed by atoms with Crippen LogP contribution < -0.4 is 0 Å². The standard InChI is InChI=1S/C19H17FO3/c1-23-19(22)11-6-14-2-4-15(5-3-14)12-17(13-21)16-7-9-18(20)10-8-16/h2-4,6-13,15H,5H2,1H3/b11-6+,17-12-.